The first-order valence-electron chi connectivity index (χ1n) is 15.4. The Hall–Kier alpha value is -6.06. The quantitative estimate of drug-likeness (QED) is 0.217. The molecule has 3 nitrogen and oxygen atoms in total. The van der Waals surface area contributed by atoms with Crippen LogP contribution in [0, 0.1) is 0 Å². The fourth-order valence-corrected chi connectivity index (χ4v) is 6.83. The molecule has 0 unspecified atom stereocenters. The van der Waals surface area contributed by atoms with Gasteiger partial charge in [0.05, 0.1) is 22.1 Å². The van der Waals surface area contributed by atoms with Crippen LogP contribution in [0.15, 0.2) is 170 Å². The Labute approximate surface area is 261 Å². The molecule has 9 aromatic rings. The summed E-state index contributed by atoms with van der Waals surface area (Å²) >= 11 is 0. The van der Waals surface area contributed by atoms with Gasteiger partial charge < -0.3 is 14.5 Å². The molecule has 0 aliphatic heterocycles. The molecule has 7 aromatic carbocycles. The van der Waals surface area contributed by atoms with Gasteiger partial charge in [-0.3, -0.25) is 0 Å². The van der Waals surface area contributed by atoms with Crippen molar-refractivity contribution >= 4 is 55.0 Å². The molecule has 0 saturated heterocycles. The fourth-order valence-electron chi connectivity index (χ4n) is 6.83. The Morgan fingerprint density at radius 1 is 0.311 bits per heavy atom. The van der Waals surface area contributed by atoms with Gasteiger partial charge in [-0.05, 0) is 71.8 Å². The van der Waals surface area contributed by atoms with Crippen molar-refractivity contribution in [1.82, 2.24) is 9.13 Å². The van der Waals surface area contributed by atoms with Crippen molar-refractivity contribution in [3.05, 3.63) is 170 Å². The lowest BCUT2D eigenvalue weighted by molar-refractivity contribution is 1.18. The number of nitrogens with one attached hydrogen (secondary N) is 1. The molecule has 0 amide bonds. The Morgan fingerprint density at radius 2 is 0.733 bits per heavy atom. The minimum Gasteiger partial charge on any atom is -0.355 e. The van der Waals surface area contributed by atoms with Crippen molar-refractivity contribution in [3.63, 3.8) is 0 Å². The van der Waals surface area contributed by atoms with Crippen molar-refractivity contribution in [2.75, 3.05) is 5.32 Å². The van der Waals surface area contributed by atoms with Crippen molar-refractivity contribution < 1.29 is 0 Å². The summed E-state index contributed by atoms with van der Waals surface area (Å²) in [5.74, 6) is 0. The minimum atomic E-state index is 1.05. The number of hydrogen-bond donors (Lipinski definition) is 1. The molecule has 0 spiro atoms. The van der Waals surface area contributed by atoms with Gasteiger partial charge in [-0.1, -0.05) is 109 Å². The second kappa shape index (κ2) is 10.3. The number of para-hydroxylation sites is 3. The molecule has 0 bridgehead atoms. The highest BCUT2D eigenvalue weighted by Gasteiger charge is 2.15. The molecule has 3 heteroatoms. The minimum absolute atomic E-state index is 1.05. The molecular formula is C42H29N3. The summed E-state index contributed by atoms with van der Waals surface area (Å²) in [6.45, 7) is 0. The van der Waals surface area contributed by atoms with Crippen LogP contribution in [-0.4, -0.2) is 9.13 Å². The first-order valence-corrected chi connectivity index (χ1v) is 15.4. The number of benzene rings is 7. The Kier molecular flexibility index (Phi) is 5.82. The van der Waals surface area contributed by atoms with E-state index < -0.39 is 0 Å². The lowest BCUT2D eigenvalue weighted by Crippen LogP contribution is -1.96. The molecule has 45 heavy (non-hydrogen) atoms. The van der Waals surface area contributed by atoms with Crippen LogP contribution in [0.2, 0.25) is 0 Å². The van der Waals surface area contributed by atoms with E-state index in [0.29, 0.717) is 0 Å². The Bertz CT molecular complexity index is 2490. The van der Waals surface area contributed by atoms with Gasteiger partial charge in [0, 0.05) is 44.3 Å². The van der Waals surface area contributed by atoms with Crippen molar-refractivity contribution in [2.24, 2.45) is 0 Å². The van der Waals surface area contributed by atoms with Gasteiger partial charge in [0.2, 0.25) is 0 Å². The molecule has 0 atom stereocenters. The number of nitrogens with zero attached hydrogens (tertiary/aromatic N) is 2. The maximum atomic E-state index is 3.74. The van der Waals surface area contributed by atoms with E-state index in [-0.39, 0.29) is 0 Å². The van der Waals surface area contributed by atoms with Crippen LogP contribution >= 0.6 is 0 Å². The van der Waals surface area contributed by atoms with Gasteiger partial charge in [-0.15, -0.1) is 0 Å². The number of fused-ring (bicyclic) bond motifs is 6. The lowest BCUT2D eigenvalue weighted by Gasteiger charge is -2.12. The second-order valence-corrected chi connectivity index (χ2v) is 11.5. The van der Waals surface area contributed by atoms with E-state index >= 15 is 0 Å². The normalized spacial score (nSPS) is 11.6. The molecule has 2 heterocycles. The van der Waals surface area contributed by atoms with Crippen LogP contribution < -0.4 is 5.32 Å². The standard InChI is InChI=1S/C42H29N3/c1-3-11-29(12-4-1)30-19-23-34(24-20-30)45-40-18-10-8-16-36(40)38-26-22-32(28-42(38)45)43-31-21-25-37-35-15-7-9-17-39(35)44(41(37)27-31)33-13-5-2-6-14-33/h1-28,43H. The smallest absolute Gasteiger partial charge is 0.0561 e. The second-order valence-electron chi connectivity index (χ2n) is 11.5. The van der Waals surface area contributed by atoms with E-state index in [0.717, 1.165) is 22.7 Å². The number of anilines is 2. The molecule has 9 rings (SSSR count). The van der Waals surface area contributed by atoms with Crippen molar-refractivity contribution in [1.29, 1.82) is 0 Å². The maximum absolute atomic E-state index is 3.74. The van der Waals surface area contributed by atoms with Gasteiger partial charge in [0.1, 0.15) is 0 Å². The average Bonchev–Trinajstić information content (AvgIpc) is 3.61. The molecule has 2 aromatic heterocycles. The first-order chi connectivity index (χ1) is 22.3. The number of hydrogen-bond acceptors (Lipinski definition) is 1. The molecular weight excluding hydrogens is 546 g/mol. The van der Waals surface area contributed by atoms with E-state index in [1.165, 1.54) is 54.7 Å². The van der Waals surface area contributed by atoms with Crippen LogP contribution in [0.1, 0.15) is 0 Å². The highest BCUT2D eigenvalue weighted by atomic mass is 15.0. The SMILES string of the molecule is c1ccc(-c2ccc(-n3c4ccccc4c4ccc(Nc5ccc6c7ccccc7n(-c7ccccc7)c6c5)cc43)cc2)cc1. The Morgan fingerprint density at radius 3 is 1.29 bits per heavy atom. The van der Waals surface area contributed by atoms with Crippen molar-refractivity contribution in [2.45, 2.75) is 0 Å². The largest absolute Gasteiger partial charge is 0.355 e. The lowest BCUT2D eigenvalue weighted by atomic mass is 10.1. The van der Waals surface area contributed by atoms with Gasteiger partial charge >= 0.3 is 0 Å². The molecule has 212 valence electrons. The zero-order chi connectivity index (χ0) is 29.7. The predicted octanol–water partition coefficient (Wildman–Crippen LogP) is 11.3. The first kappa shape index (κ1) is 25.4. The predicted molar refractivity (Wildman–Crippen MR) is 190 cm³/mol. The summed E-state index contributed by atoms with van der Waals surface area (Å²) in [4.78, 5) is 0. The summed E-state index contributed by atoms with van der Waals surface area (Å²) in [5.41, 5.74) is 11.6. The average molecular weight is 576 g/mol. The van der Waals surface area contributed by atoms with E-state index in [9.17, 15) is 0 Å². The highest BCUT2D eigenvalue weighted by molar-refractivity contribution is 6.11. The zero-order valence-electron chi connectivity index (χ0n) is 24.6. The Balaban J connectivity index is 1.16. The fraction of sp³-hybridized carbons (Fsp3) is 0. The van der Waals surface area contributed by atoms with E-state index in [1.54, 1.807) is 0 Å². The number of rotatable bonds is 5. The van der Waals surface area contributed by atoms with Gasteiger partial charge in [0.15, 0.2) is 0 Å². The van der Waals surface area contributed by atoms with Crippen LogP contribution in [0.4, 0.5) is 11.4 Å². The van der Waals surface area contributed by atoms with E-state index in [4.69, 9.17) is 0 Å². The summed E-state index contributed by atoms with van der Waals surface area (Å²) in [5, 5.41) is 8.73. The molecule has 1 N–H and O–H groups in total. The van der Waals surface area contributed by atoms with Crippen LogP contribution in [-0.2, 0) is 0 Å². The third-order valence-electron chi connectivity index (χ3n) is 8.88. The van der Waals surface area contributed by atoms with E-state index in [1.807, 2.05) is 0 Å². The third-order valence-corrected chi connectivity index (χ3v) is 8.88. The van der Waals surface area contributed by atoms with E-state index in [2.05, 4.69) is 184 Å². The number of aromatic nitrogens is 2. The molecule has 0 aliphatic rings. The van der Waals surface area contributed by atoms with Gasteiger partial charge in [-0.25, -0.2) is 0 Å². The maximum Gasteiger partial charge on any atom is 0.0561 e. The van der Waals surface area contributed by atoms with Crippen LogP contribution in [0.3, 0.4) is 0 Å². The summed E-state index contributed by atoms with van der Waals surface area (Å²) in [6, 6.07) is 60.8. The zero-order valence-corrected chi connectivity index (χ0v) is 24.6. The van der Waals surface area contributed by atoms with Crippen LogP contribution in [0.5, 0.6) is 0 Å². The summed E-state index contributed by atoms with van der Waals surface area (Å²) in [7, 11) is 0. The highest BCUT2D eigenvalue weighted by Crippen LogP contribution is 2.37. The third kappa shape index (κ3) is 4.21. The summed E-state index contributed by atoms with van der Waals surface area (Å²) < 4.78 is 4.73. The molecule has 0 radical (unpaired) electrons. The molecule has 0 fully saturated rings. The van der Waals surface area contributed by atoms with Gasteiger partial charge in [0.25, 0.3) is 0 Å². The topological polar surface area (TPSA) is 21.9 Å². The monoisotopic (exact) mass is 575 g/mol. The van der Waals surface area contributed by atoms with Gasteiger partial charge in [-0.2, -0.15) is 0 Å². The van der Waals surface area contributed by atoms with Crippen molar-refractivity contribution in [3.8, 4) is 22.5 Å². The molecule has 0 aliphatic carbocycles. The van der Waals surface area contributed by atoms with Crippen LogP contribution in [0.25, 0.3) is 66.1 Å². The summed E-state index contributed by atoms with van der Waals surface area (Å²) in [6.07, 6.45) is 0. The molecule has 0 saturated carbocycles.